The standard InChI is InChI=1S/C8H14O3S/c1-2-12(9)7-5-11-6-3-4-10-8(6)7/h6-8H,2-5H2,1H3/t6?,7?,8?,12-/m1/s1. The average Bonchev–Trinajstić information content (AvgIpc) is 2.62. The minimum Gasteiger partial charge on any atom is -0.374 e. The van der Waals surface area contributed by atoms with Crippen molar-refractivity contribution in [3.63, 3.8) is 0 Å². The fraction of sp³-hybridized carbons (Fsp3) is 1.00. The van der Waals surface area contributed by atoms with Gasteiger partial charge in [0.2, 0.25) is 0 Å². The Hall–Kier alpha value is 0.0700. The van der Waals surface area contributed by atoms with Crippen molar-refractivity contribution in [2.24, 2.45) is 0 Å². The van der Waals surface area contributed by atoms with E-state index < -0.39 is 10.8 Å². The van der Waals surface area contributed by atoms with E-state index in [0.717, 1.165) is 13.0 Å². The zero-order chi connectivity index (χ0) is 8.55. The summed E-state index contributed by atoms with van der Waals surface area (Å²) in [5.74, 6) is 0.709. The van der Waals surface area contributed by atoms with Crippen LogP contribution in [0.1, 0.15) is 13.3 Å². The lowest BCUT2D eigenvalue weighted by molar-refractivity contribution is 0.0737. The van der Waals surface area contributed by atoms with Crippen LogP contribution in [0.15, 0.2) is 0 Å². The molecule has 0 radical (unpaired) electrons. The van der Waals surface area contributed by atoms with Gasteiger partial charge in [0.1, 0.15) is 6.10 Å². The highest BCUT2D eigenvalue weighted by atomic mass is 32.2. The summed E-state index contributed by atoms with van der Waals surface area (Å²) in [5.41, 5.74) is 0. The highest BCUT2D eigenvalue weighted by Gasteiger charge is 2.44. The van der Waals surface area contributed by atoms with Crippen molar-refractivity contribution in [3.8, 4) is 0 Å². The van der Waals surface area contributed by atoms with Crippen molar-refractivity contribution in [1.82, 2.24) is 0 Å². The zero-order valence-corrected chi connectivity index (χ0v) is 8.01. The molecule has 0 aromatic carbocycles. The Balaban J connectivity index is 2.04. The molecular weight excluding hydrogens is 176 g/mol. The van der Waals surface area contributed by atoms with Gasteiger partial charge in [0.25, 0.3) is 0 Å². The number of rotatable bonds is 2. The summed E-state index contributed by atoms with van der Waals surface area (Å²) >= 11 is 0. The molecule has 0 amide bonds. The van der Waals surface area contributed by atoms with Gasteiger partial charge in [-0.3, -0.25) is 4.21 Å². The van der Waals surface area contributed by atoms with Crippen LogP contribution in [0.3, 0.4) is 0 Å². The minimum atomic E-state index is -0.763. The normalized spacial score (nSPS) is 42.9. The SMILES string of the molecule is CC[S@@](=O)C1COC2CCOC21. The van der Waals surface area contributed by atoms with E-state index in [1.54, 1.807) is 0 Å². The van der Waals surface area contributed by atoms with Crippen molar-refractivity contribution in [1.29, 1.82) is 0 Å². The number of ether oxygens (including phenoxy) is 2. The Morgan fingerprint density at radius 2 is 2.33 bits per heavy atom. The Labute approximate surface area is 74.9 Å². The molecule has 0 aliphatic carbocycles. The molecule has 2 saturated heterocycles. The maximum atomic E-state index is 11.5. The highest BCUT2D eigenvalue weighted by molar-refractivity contribution is 7.85. The summed E-state index contributed by atoms with van der Waals surface area (Å²) in [7, 11) is -0.763. The number of hydrogen-bond acceptors (Lipinski definition) is 3. The van der Waals surface area contributed by atoms with E-state index >= 15 is 0 Å². The van der Waals surface area contributed by atoms with Crippen LogP contribution >= 0.6 is 0 Å². The van der Waals surface area contributed by atoms with Crippen LogP contribution in [0.5, 0.6) is 0 Å². The highest BCUT2D eigenvalue weighted by Crippen LogP contribution is 2.29. The van der Waals surface area contributed by atoms with E-state index in [0.29, 0.717) is 12.4 Å². The van der Waals surface area contributed by atoms with E-state index in [9.17, 15) is 4.21 Å². The molecule has 3 nitrogen and oxygen atoms in total. The van der Waals surface area contributed by atoms with Crippen LogP contribution in [-0.4, -0.2) is 40.6 Å². The summed E-state index contributed by atoms with van der Waals surface area (Å²) in [4.78, 5) is 0. The summed E-state index contributed by atoms with van der Waals surface area (Å²) in [6.07, 6.45) is 1.32. The third-order valence-electron chi connectivity index (χ3n) is 2.54. The predicted molar refractivity (Wildman–Crippen MR) is 46.6 cm³/mol. The Bertz CT molecular complexity index is 195. The van der Waals surface area contributed by atoms with Crippen LogP contribution in [0.2, 0.25) is 0 Å². The summed E-state index contributed by atoms with van der Waals surface area (Å²) in [5, 5.41) is 0.127. The van der Waals surface area contributed by atoms with Gasteiger partial charge in [0.05, 0.1) is 18.0 Å². The molecular formula is C8H14O3S. The molecule has 2 fully saturated rings. The topological polar surface area (TPSA) is 35.5 Å². The molecule has 2 rings (SSSR count). The van der Waals surface area contributed by atoms with Crippen molar-refractivity contribution >= 4 is 10.8 Å². The molecule has 0 bridgehead atoms. The maximum absolute atomic E-state index is 11.5. The first-order valence-electron chi connectivity index (χ1n) is 4.43. The quantitative estimate of drug-likeness (QED) is 0.628. The Morgan fingerprint density at radius 3 is 3.08 bits per heavy atom. The third-order valence-corrected chi connectivity index (χ3v) is 4.19. The van der Waals surface area contributed by atoms with Gasteiger partial charge in [0, 0.05) is 23.2 Å². The average molecular weight is 190 g/mol. The molecule has 2 aliphatic rings. The Morgan fingerprint density at radius 1 is 1.50 bits per heavy atom. The van der Waals surface area contributed by atoms with Crippen molar-refractivity contribution in [3.05, 3.63) is 0 Å². The summed E-state index contributed by atoms with van der Waals surface area (Å²) < 4.78 is 22.5. The van der Waals surface area contributed by atoms with E-state index in [2.05, 4.69) is 0 Å². The molecule has 3 unspecified atom stereocenters. The Kier molecular flexibility index (Phi) is 2.48. The van der Waals surface area contributed by atoms with Crippen molar-refractivity contribution < 1.29 is 13.7 Å². The van der Waals surface area contributed by atoms with Crippen molar-refractivity contribution in [2.45, 2.75) is 30.8 Å². The molecule has 0 spiro atoms. The molecule has 0 N–H and O–H groups in total. The smallest absolute Gasteiger partial charge is 0.100 e. The van der Waals surface area contributed by atoms with Crippen molar-refractivity contribution in [2.75, 3.05) is 19.0 Å². The second kappa shape index (κ2) is 3.44. The molecule has 0 aromatic rings. The van der Waals surface area contributed by atoms with E-state index in [1.807, 2.05) is 6.92 Å². The maximum Gasteiger partial charge on any atom is 0.100 e. The fourth-order valence-electron chi connectivity index (χ4n) is 1.87. The molecule has 2 heterocycles. The third kappa shape index (κ3) is 1.32. The van der Waals surface area contributed by atoms with Gasteiger partial charge in [0.15, 0.2) is 0 Å². The molecule has 2 aliphatic heterocycles. The molecule has 4 heteroatoms. The largest absolute Gasteiger partial charge is 0.374 e. The van der Waals surface area contributed by atoms with Crippen LogP contribution in [-0.2, 0) is 20.3 Å². The summed E-state index contributed by atoms with van der Waals surface area (Å²) in [6.45, 7) is 3.33. The molecule has 0 aromatic heterocycles. The zero-order valence-electron chi connectivity index (χ0n) is 7.19. The van der Waals surface area contributed by atoms with Crippen LogP contribution in [0.4, 0.5) is 0 Å². The van der Waals surface area contributed by atoms with Gasteiger partial charge >= 0.3 is 0 Å². The molecule has 70 valence electrons. The minimum absolute atomic E-state index is 0.116. The number of fused-ring (bicyclic) bond motifs is 1. The van der Waals surface area contributed by atoms with Gasteiger partial charge in [-0.15, -0.1) is 0 Å². The first kappa shape index (κ1) is 8.66. The van der Waals surface area contributed by atoms with Gasteiger partial charge in [-0.2, -0.15) is 0 Å². The number of hydrogen-bond donors (Lipinski definition) is 0. The second-order valence-electron chi connectivity index (χ2n) is 3.20. The fourth-order valence-corrected chi connectivity index (χ4v) is 3.08. The van der Waals surface area contributed by atoms with Gasteiger partial charge in [-0.25, -0.2) is 0 Å². The molecule has 0 saturated carbocycles. The van der Waals surface area contributed by atoms with E-state index in [4.69, 9.17) is 9.47 Å². The van der Waals surface area contributed by atoms with Gasteiger partial charge < -0.3 is 9.47 Å². The second-order valence-corrected chi connectivity index (χ2v) is 5.15. The lowest BCUT2D eigenvalue weighted by atomic mass is 10.2. The van der Waals surface area contributed by atoms with Crippen LogP contribution in [0, 0.1) is 0 Å². The lowest BCUT2D eigenvalue weighted by Crippen LogP contribution is -2.32. The molecule has 4 atom stereocenters. The predicted octanol–water partition coefficient (Wildman–Crippen LogP) is 0.311. The summed E-state index contributed by atoms with van der Waals surface area (Å²) in [6, 6.07) is 0. The monoisotopic (exact) mass is 190 g/mol. The van der Waals surface area contributed by atoms with Crippen LogP contribution < -0.4 is 0 Å². The van der Waals surface area contributed by atoms with E-state index in [1.165, 1.54) is 0 Å². The van der Waals surface area contributed by atoms with E-state index in [-0.39, 0.29) is 17.5 Å². The van der Waals surface area contributed by atoms with Crippen LogP contribution in [0.25, 0.3) is 0 Å². The first-order valence-corrected chi connectivity index (χ1v) is 5.81. The lowest BCUT2D eigenvalue weighted by Gasteiger charge is -2.13. The molecule has 12 heavy (non-hydrogen) atoms. The van der Waals surface area contributed by atoms with Gasteiger partial charge in [-0.05, 0) is 6.42 Å². The first-order chi connectivity index (χ1) is 5.83. The van der Waals surface area contributed by atoms with Gasteiger partial charge in [-0.1, -0.05) is 6.92 Å².